The van der Waals surface area contributed by atoms with Crippen molar-refractivity contribution in [2.45, 2.75) is 37.6 Å². The molecular weight excluding hydrogens is 326 g/mol. The lowest BCUT2D eigenvalue weighted by atomic mass is 9.93. The number of benzene rings is 1. The number of aromatic nitrogens is 2. The van der Waals surface area contributed by atoms with Crippen LogP contribution in [0.2, 0.25) is 0 Å². The van der Waals surface area contributed by atoms with E-state index in [4.69, 9.17) is 0 Å². The lowest BCUT2D eigenvalue weighted by Crippen LogP contribution is -2.24. The Morgan fingerprint density at radius 1 is 1.38 bits per heavy atom. The van der Waals surface area contributed by atoms with Crippen LogP contribution in [-0.2, 0) is 13.5 Å². The Labute approximate surface area is 134 Å². The van der Waals surface area contributed by atoms with Crippen LogP contribution < -0.4 is 5.32 Å². The Hall–Kier alpha value is -1.13. The van der Waals surface area contributed by atoms with Gasteiger partial charge in [0.25, 0.3) is 0 Å². The highest BCUT2D eigenvalue weighted by Crippen LogP contribution is 2.26. The Morgan fingerprint density at radius 2 is 2.24 bits per heavy atom. The van der Waals surface area contributed by atoms with Gasteiger partial charge in [-0.3, -0.25) is 4.68 Å². The first-order valence-electron chi connectivity index (χ1n) is 7.68. The molecule has 21 heavy (non-hydrogen) atoms. The zero-order valence-electron chi connectivity index (χ0n) is 12.4. The van der Waals surface area contributed by atoms with Crippen LogP contribution in [0.3, 0.4) is 0 Å². The number of hydrogen-bond donors (Lipinski definition) is 1. The Kier molecular flexibility index (Phi) is 4.76. The first-order chi connectivity index (χ1) is 10.2. The molecule has 3 nitrogen and oxygen atoms in total. The topological polar surface area (TPSA) is 29.9 Å². The van der Waals surface area contributed by atoms with Crippen molar-refractivity contribution in [1.29, 1.82) is 0 Å². The van der Waals surface area contributed by atoms with E-state index in [2.05, 4.69) is 56.7 Å². The maximum absolute atomic E-state index is 4.26. The number of nitrogens with zero attached hydrogens (tertiary/aromatic N) is 2. The molecule has 0 aliphatic heterocycles. The van der Waals surface area contributed by atoms with E-state index in [1.54, 1.807) is 0 Å². The van der Waals surface area contributed by atoms with E-state index in [-0.39, 0.29) is 0 Å². The summed E-state index contributed by atoms with van der Waals surface area (Å²) < 4.78 is 3.14. The summed E-state index contributed by atoms with van der Waals surface area (Å²) in [5, 5.41) is 7.94. The van der Waals surface area contributed by atoms with Crippen LogP contribution in [0.4, 0.5) is 0 Å². The van der Waals surface area contributed by atoms with Gasteiger partial charge in [-0.25, -0.2) is 0 Å². The molecule has 0 radical (unpaired) electrons. The zero-order chi connectivity index (χ0) is 14.7. The summed E-state index contributed by atoms with van der Waals surface area (Å²) in [5.74, 6) is 0.554. The highest BCUT2D eigenvalue weighted by Gasteiger charge is 2.22. The highest BCUT2D eigenvalue weighted by molar-refractivity contribution is 9.10. The summed E-state index contributed by atoms with van der Waals surface area (Å²) >= 11 is 3.59. The van der Waals surface area contributed by atoms with Crippen LogP contribution in [-0.4, -0.2) is 22.4 Å². The summed E-state index contributed by atoms with van der Waals surface area (Å²) in [6.07, 6.45) is 6.78. The third kappa shape index (κ3) is 4.17. The fourth-order valence-corrected chi connectivity index (χ4v) is 3.13. The van der Waals surface area contributed by atoms with Gasteiger partial charge in [-0.15, -0.1) is 0 Å². The first kappa shape index (κ1) is 14.8. The molecule has 0 saturated heterocycles. The number of halogens is 1. The van der Waals surface area contributed by atoms with Gasteiger partial charge in [0.05, 0.1) is 0 Å². The lowest BCUT2D eigenvalue weighted by Gasteiger charge is -2.18. The van der Waals surface area contributed by atoms with Crippen LogP contribution in [0.5, 0.6) is 0 Å². The number of nitrogens with one attached hydrogen (secondary N) is 1. The molecule has 1 aliphatic carbocycles. The average molecular weight is 348 g/mol. The predicted octanol–water partition coefficient (Wildman–Crippen LogP) is 3.65. The molecule has 1 saturated carbocycles. The molecule has 1 aromatic carbocycles. The van der Waals surface area contributed by atoms with E-state index >= 15 is 0 Å². The molecule has 3 rings (SSSR count). The van der Waals surface area contributed by atoms with Crippen molar-refractivity contribution in [3.8, 4) is 0 Å². The van der Waals surface area contributed by atoms with Crippen molar-refractivity contribution in [3.63, 3.8) is 0 Å². The highest BCUT2D eigenvalue weighted by atomic mass is 79.9. The second-order valence-electron chi connectivity index (χ2n) is 5.92. The van der Waals surface area contributed by atoms with E-state index in [1.807, 2.05) is 17.9 Å². The summed E-state index contributed by atoms with van der Waals surface area (Å²) in [5.41, 5.74) is 2.72. The Morgan fingerprint density at radius 3 is 2.90 bits per heavy atom. The molecule has 112 valence electrons. The largest absolute Gasteiger partial charge is 0.313 e. The Bertz CT molecular complexity index is 589. The van der Waals surface area contributed by atoms with Gasteiger partial charge in [-0.1, -0.05) is 28.1 Å². The SMILES string of the molecule is Cn1nccc1CCC(CNC1CC1)c1cccc(Br)c1. The van der Waals surface area contributed by atoms with Crippen molar-refractivity contribution in [2.75, 3.05) is 6.54 Å². The maximum Gasteiger partial charge on any atom is 0.0492 e. The van der Waals surface area contributed by atoms with Crippen molar-refractivity contribution in [3.05, 3.63) is 52.3 Å². The van der Waals surface area contributed by atoms with Crippen molar-refractivity contribution in [1.82, 2.24) is 15.1 Å². The minimum absolute atomic E-state index is 0.554. The first-order valence-corrected chi connectivity index (χ1v) is 8.47. The molecule has 0 amide bonds. The maximum atomic E-state index is 4.26. The number of aryl methyl sites for hydroxylation is 2. The molecule has 1 fully saturated rings. The lowest BCUT2D eigenvalue weighted by molar-refractivity contribution is 0.537. The van der Waals surface area contributed by atoms with E-state index in [0.29, 0.717) is 5.92 Å². The van der Waals surface area contributed by atoms with Crippen molar-refractivity contribution < 1.29 is 0 Å². The van der Waals surface area contributed by atoms with Crippen LogP contribution in [0, 0.1) is 0 Å². The van der Waals surface area contributed by atoms with Gasteiger partial charge in [-0.05, 0) is 55.4 Å². The van der Waals surface area contributed by atoms with Crippen LogP contribution in [0.1, 0.15) is 36.4 Å². The Balaban J connectivity index is 1.67. The molecule has 1 aromatic heterocycles. The third-order valence-electron chi connectivity index (χ3n) is 4.22. The predicted molar refractivity (Wildman–Crippen MR) is 89.4 cm³/mol. The monoisotopic (exact) mass is 347 g/mol. The number of hydrogen-bond acceptors (Lipinski definition) is 2. The average Bonchev–Trinajstić information content (AvgIpc) is 3.21. The molecule has 4 heteroatoms. The molecular formula is C17H22BrN3. The second kappa shape index (κ2) is 6.75. The summed E-state index contributed by atoms with van der Waals surface area (Å²) in [4.78, 5) is 0. The van der Waals surface area contributed by atoms with Crippen molar-refractivity contribution >= 4 is 15.9 Å². The van der Waals surface area contributed by atoms with E-state index in [0.717, 1.165) is 29.9 Å². The van der Waals surface area contributed by atoms with Crippen LogP contribution in [0.15, 0.2) is 41.0 Å². The molecule has 0 bridgehead atoms. The van der Waals surface area contributed by atoms with E-state index in [9.17, 15) is 0 Å². The van der Waals surface area contributed by atoms with Gasteiger partial charge in [-0.2, -0.15) is 5.10 Å². The molecule has 1 heterocycles. The summed E-state index contributed by atoms with van der Waals surface area (Å²) in [6.45, 7) is 1.07. The van der Waals surface area contributed by atoms with Gasteiger partial charge in [0, 0.05) is 36.0 Å². The molecule has 0 spiro atoms. The molecule has 1 aliphatic rings. The second-order valence-corrected chi connectivity index (χ2v) is 6.83. The third-order valence-corrected chi connectivity index (χ3v) is 4.71. The van der Waals surface area contributed by atoms with Gasteiger partial charge >= 0.3 is 0 Å². The van der Waals surface area contributed by atoms with Gasteiger partial charge in [0.15, 0.2) is 0 Å². The smallest absolute Gasteiger partial charge is 0.0492 e. The molecule has 2 aromatic rings. The fourth-order valence-electron chi connectivity index (χ4n) is 2.71. The standard InChI is InChI=1S/C17H22BrN3/c1-21-17(9-10-20-21)8-5-14(12-19-16-6-7-16)13-3-2-4-15(18)11-13/h2-4,9-11,14,16,19H,5-8,12H2,1H3. The van der Waals surface area contributed by atoms with Gasteiger partial charge in [0.1, 0.15) is 0 Å². The van der Waals surface area contributed by atoms with Crippen LogP contribution >= 0.6 is 15.9 Å². The van der Waals surface area contributed by atoms with Crippen LogP contribution in [0.25, 0.3) is 0 Å². The molecule has 1 N–H and O–H groups in total. The van der Waals surface area contributed by atoms with Gasteiger partial charge < -0.3 is 5.32 Å². The summed E-state index contributed by atoms with van der Waals surface area (Å²) in [7, 11) is 2.02. The normalized spacial score (nSPS) is 16.1. The zero-order valence-corrected chi connectivity index (χ0v) is 14.0. The number of rotatable bonds is 7. The van der Waals surface area contributed by atoms with E-state index < -0.39 is 0 Å². The minimum Gasteiger partial charge on any atom is -0.313 e. The fraction of sp³-hybridized carbons (Fsp3) is 0.471. The molecule has 1 unspecified atom stereocenters. The van der Waals surface area contributed by atoms with Gasteiger partial charge in [0.2, 0.25) is 0 Å². The summed E-state index contributed by atoms with van der Waals surface area (Å²) in [6, 6.07) is 11.6. The van der Waals surface area contributed by atoms with E-state index in [1.165, 1.54) is 24.1 Å². The van der Waals surface area contributed by atoms with Crippen molar-refractivity contribution in [2.24, 2.45) is 7.05 Å². The molecule has 1 atom stereocenters. The quantitative estimate of drug-likeness (QED) is 0.828. The minimum atomic E-state index is 0.554.